The lowest BCUT2D eigenvalue weighted by Crippen LogP contribution is -2.16. The van der Waals surface area contributed by atoms with Gasteiger partial charge in [-0.3, -0.25) is 4.79 Å². The maximum absolute atomic E-state index is 11.1. The molecule has 0 aliphatic heterocycles. The molecule has 0 saturated heterocycles. The Kier molecular flexibility index (Phi) is 8.12. The molecule has 1 aliphatic rings. The zero-order valence-electron chi connectivity index (χ0n) is 13.5. The Labute approximate surface area is 136 Å². The lowest BCUT2D eigenvalue weighted by Gasteiger charge is -2.05. The Balaban J connectivity index is 0.000000366. The molecule has 0 atom stereocenters. The van der Waals surface area contributed by atoms with E-state index >= 15 is 0 Å². The molecule has 0 radical (unpaired) electrons. The van der Waals surface area contributed by atoms with Crippen molar-refractivity contribution >= 4 is 23.2 Å². The van der Waals surface area contributed by atoms with Gasteiger partial charge in [0.15, 0.2) is 5.69 Å². The van der Waals surface area contributed by atoms with Crippen LogP contribution in [0.3, 0.4) is 0 Å². The van der Waals surface area contributed by atoms with Gasteiger partial charge in [-0.15, -0.1) is 10.2 Å². The normalized spacial score (nSPS) is 14.9. The molecule has 7 N–H and O–H groups in total. The predicted octanol–water partition coefficient (Wildman–Crippen LogP) is 1.22. The standard InChI is InChI=1S/C9H13N7O.C6H12/c1-13-3-2-6(10)14-5-4-7(11)15-16-8(5)9(12)17;1-2-4-6-5-3-1/h2-4,13H,1H3,(H2,12,17)(H4,10,11,14,15);1-6H2/b3-2-;. The minimum Gasteiger partial charge on any atom is -0.394 e. The van der Waals surface area contributed by atoms with Crippen LogP contribution in [0.4, 0.5) is 11.5 Å². The van der Waals surface area contributed by atoms with Crippen molar-refractivity contribution in [3.63, 3.8) is 0 Å². The Hall–Kier alpha value is -2.64. The lowest BCUT2D eigenvalue weighted by atomic mass is 10.0. The smallest absolute Gasteiger partial charge is 0.271 e. The van der Waals surface area contributed by atoms with Crippen molar-refractivity contribution in [2.24, 2.45) is 16.5 Å². The third kappa shape index (κ3) is 7.25. The predicted molar refractivity (Wildman–Crippen MR) is 92.1 cm³/mol. The number of nitrogen functional groups attached to an aromatic ring is 1. The molecule has 0 aromatic carbocycles. The second-order valence-corrected chi connectivity index (χ2v) is 5.15. The van der Waals surface area contributed by atoms with Gasteiger partial charge in [-0.05, 0) is 12.3 Å². The van der Waals surface area contributed by atoms with Crippen LogP contribution >= 0.6 is 0 Å². The number of carbonyl (C=O) groups excluding carboxylic acids is 1. The fourth-order valence-corrected chi connectivity index (χ4v) is 2.06. The summed E-state index contributed by atoms with van der Waals surface area (Å²) in [6.07, 6.45) is 12.1. The number of anilines is 1. The van der Waals surface area contributed by atoms with E-state index in [1.165, 1.54) is 50.7 Å². The molecule has 0 bridgehead atoms. The van der Waals surface area contributed by atoms with Crippen LogP contribution in [-0.2, 0) is 0 Å². The summed E-state index contributed by atoms with van der Waals surface area (Å²) in [6.45, 7) is 0. The van der Waals surface area contributed by atoms with E-state index in [0.717, 1.165) is 0 Å². The van der Waals surface area contributed by atoms with Gasteiger partial charge in [-0.2, -0.15) is 0 Å². The summed E-state index contributed by atoms with van der Waals surface area (Å²) in [5.41, 5.74) is 16.2. The fraction of sp³-hybridized carbons (Fsp3) is 0.467. The molecular formula is C15H25N7O. The number of nitrogens with two attached hydrogens (primary N) is 3. The number of nitrogens with one attached hydrogen (secondary N) is 1. The molecule has 1 aromatic heterocycles. The van der Waals surface area contributed by atoms with Gasteiger partial charge >= 0.3 is 0 Å². The number of amides is 1. The highest BCUT2D eigenvalue weighted by Gasteiger charge is 2.11. The van der Waals surface area contributed by atoms with Gasteiger partial charge < -0.3 is 22.5 Å². The summed E-state index contributed by atoms with van der Waals surface area (Å²) in [6, 6.07) is 1.37. The third-order valence-electron chi connectivity index (χ3n) is 3.20. The van der Waals surface area contributed by atoms with E-state index in [1.54, 1.807) is 13.2 Å². The van der Waals surface area contributed by atoms with Gasteiger partial charge in [-0.1, -0.05) is 38.5 Å². The molecule has 0 unspecified atom stereocenters. The average molecular weight is 319 g/mol. The number of aliphatic imine (C=N–C) groups is 1. The lowest BCUT2D eigenvalue weighted by molar-refractivity contribution is 0.0995. The van der Waals surface area contributed by atoms with Crippen LogP contribution in [-0.4, -0.2) is 29.0 Å². The van der Waals surface area contributed by atoms with Crippen LogP contribution in [0.2, 0.25) is 0 Å². The van der Waals surface area contributed by atoms with Crippen molar-refractivity contribution in [3.8, 4) is 0 Å². The summed E-state index contributed by atoms with van der Waals surface area (Å²) in [5.74, 6) is -0.449. The van der Waals surface area contributed by atoms with Crippen LogP contribution < -0.4 is 22.5 Å². The van der Waals surface area contributed by atoms with Crippen LogP contribution in [0, 0.1) is 0 Å². The highest BCUT2D eigenvalue weighted by molar-refractivity contribution is 5.99. The Morgan fingerprint density at radius 1 is 1.17 bits per heavy atom. The zero-order chi connectivity index (χ0) is 17.1. The molecule has 1 saturated carbocycles. The van der Waals surface area contributed by atoms with Crippen molar-refractivity contribution in [1.82, 2.24) is 15.5 Å². The number of hydrogen-bond donors (Lipinski definition) is 4. The molecule has 126 valence electrons. The van der Waals surface area contributed by atoms with Crippen molar-refractivity contribution < 1.29 is 4.79 Å². The van der Waals surface area contributed by atoms with Gasteiger partial charge in [0.1, 0.15) is 17.3 Å². The van der Waals surface area contributed by atoms with Crippen LogP contribution in [0.25, 0.3) is 0 Å². The van der Waals surface area contributed by atoms with E-state index in [-0.39, 0.29) is 23.0 Å². The summed E-state index contributed by atoms with van der Waals surface area (Å²) >= 11 is 0. The van der Waals surface area contributed by atoms with E-state index in [9.17, 15) is 4.79 Å². The number of amidine groups is 1. The second-order valence-electron chi connectivity index (χ2n) is 5.15. The topological polar surface area (TPSA) is 145 Å². The van der Waals surface area contributed by atoms with Gasteiger partial charge in [0.2, 0.25) is 0 Å². The number of hydrogen-bond acceptors (Lipinski definition) is 6. The Morgan fingerprint density at radius 3 is 2.22 bits per heavy atom. The Morgan fingerprint density at radius 2 is 1.74 bits per heavy atom. The summed E-state index contributed by atoms with van der Waals surface area (Å²) in [7, 11) is 1.71. The van der Waals surface area contributed by atoms with E-state index in [2.05, 4.69) is 20.5 Å². The van der Waals surface area contributed by atoms with Gasteiger partial charge in [0.05, 0.1) is 0 Å². The first-order chi connectivity index (χ1) is 11.0. The molecule has 23 heavy (non-hydrogen) atoms. The highest BCUT2D eigenvalue weighted by Crippen LogP contribution is 2.17. The molecule has 8 nitrogen and oxygen atoms in total. The minimum absolute atomic E-state index is 0.0833. The molecule has 1 aromatic rings. The van der Waals surface area contributed by atoms with E-state index in [1.807, 2.05) is 0 Å². The number of rotatable bonds is 4. The molecule has 1 amide bonds. The molecule has 0 spiro atoms. The van der Waals surface area contributed by atoms with E-state index < -0.39 is 5.91 Å². The fourth-order valence-electron chi connectivity index (χ4n) is 2.06. The first-order valence-corrected chi connectivity index (χ1v) is 7.65. The molecular weight excluding hydrogens is 294 g/mol. The largest absolute Gasteiger partial charge is 0.394 e. The molecule has 8 heteroatoms. The van der Waals surface area contributed by atoms with Gasteiger partial charge in [0, 0.05) is 13.1 Å². The maximum Gasteiger partial charge on any atom is 0.271 e. The van der Waals surface area contributed by atoms with E-state index in [4.69, 9.17) is 17.2 Å². The van der Waals surface area contributed by atoms with Gasteiger partial charge in [0.25, 0.3) is 5.91 Å². The summed E-state index contributed by atoms with van der Waals surface area (Å²) < 4.78 is 0. The third-order valence-corrected chi connectivity index (χ3v) is 3.20. The molecule has 1 heterocycles. The highest BCUT2D eigenvalue weighted by atomic mass is 16.1. The SMILES string of the molecule is C1CCCCC1.CN/C=C\C(N)=Nc1cc(N)nnc1C(N)=O. The second kappa shape index (κ2) is 10.1. The first-order valence-electron chi connectivity index (χ1n) is 7.65. The van der Waals surface area contributed by atoms with Gasteiger partial charge in [-0.25, -0.2) is 4.99 Å². The molecule has 1 aliphatic carbocycles. The maximum atomic E-state index is 11.1. The number of aromatic nitrogens is 2. The van der Waals surface area contributed by atoms with Crippen LogP contribution in [0.15, 0.2) is 23.3 Å². The molecule has 2 rings (SSSR count). The minimum atomic E-state index is -0.748. The monoisotopic (exact) mass is 319 g/mol. The summed E-state index contributed by atoms with van der Waals surface area (Å²) in [5, 5.41) is 9.82. The van der Waals surface area contributed by atoms with Crippen LogP contribution in [0.1, 0.15) is 49.0 Å². The van der Waals surface area contributed by atoms with Crippen LogP contribution in [0.5, 0.6) is 0 Å². The number of primary amides is 1. The van der Waals surface area contributed by atoms with Crippen molar-refractivity contribution in [2.75, 3.05) is 12.8 Å². The number of nitrogens with zero attached hydrogens (tertiary/aromatic N) is 3. The van der Waals surface area contributed by atoms with Crippen molar-refractivity contribution in [2.45, 2.75) is 38.5 Å². The quantitative estimate of drug-likeness (QED) is 0.485. The Bertz CT molecular complexity index is 553. The van der Waals surface area contributed by atoms with Crippen molar-refractivity contribution in [3.05, 3.63) is 24.0 Å². The first kappa shape index (κ1) is 18.4. The zero-order valence-corrected chi connectivity index (χ0v) is 13.5. The summed E-state index contributed by atoms with van der Waals surface area (Å²) in [4.78, 5) is 15.0. The van der Waals surface area contributed by atoms with Crippen molar-refractivity contribution in [1.29, 1.82) is 0 Å². The average Bonchev–Trinajstić information content (AvgIpc) is 2.55. The number of carbonyl (C=O) groups is 1. The van der Waals surface area contributed by atoms with E-state index in [0.29, 0.717) is 0 Å². The molecule has 1 fully saturated rings.